The summed E-state index contributed by atoms with van der Waals surface area (Å²) < 4.78 is 12.0. The molecule has 2 rings (SSSR count). The fraction of sp³-hybridized carbons (Fsp3) is 0.615. The van der Waals surface area contributed by atoms with Crippen molar-refractivity contribution in [3.63, 3.8) is 0 Å². The average Bonchev–Trinajstić information content (AvgIpc) is 2.47. The molecule has 1 unspecified atom stereocenters. The van der Waals surface area contributed by atoms with E-state index in [-0.39, 0.29) is 0 Å². The number of anilines is 1. The van der Waals surface area contributed by atoms with Crippen LogP contribution in [0, 0.1) is 0 Å². The fourth-order valence-corrected chi connectivity index (χ4v) is 2.02. The van der Waals surface area contributed by atoms with Crippen molar-refractivity contribution in [1.82, 2.24) is 4.98 Å². The average molecular weight is 264 g/mol. The molecule has 1 saturated heterocycles. The van der Waals surface area contributed by atoms with Gasteiger partial charge < -0.3 is 20.1 Å². The Balaban J connectivity index is 2.41. The zero-order valence-corrected chi connectivity index (χ0v) is 12.1. The smallest absolute Gasteiger partial charge is 0.399 e. The van der Waals surface area contributed by atoms with Gasteiger partial charge in [0.05, 0.1) is 17.3 Å². The van der Waals surface area contributed by atoms with Crippen molar-refractivity contribution in [1.29, 1.82) is 0 Å². The molecular weight excluding hydrogens is 243 g/mol. The third-order valence-corrected chi connectivity index (χ3v) is 3.95. The van der Waals surface area contributed by atoms with Crippen LogP contribution in [-0.4, -0.2) is 28.4 Å². The molecule has 1 aromatic rings. The van der Waals surface area contributed by atoms with Crippen LogP contribution in [0.2, 0.25) is 0 Å². The number of nitrogen functional groups attached to an aromatic ring is 1. The third-order valence-electron chi connectivity index (χ3n) is 3.95. The van der Waals surface area contributed by atoms with E-state index in [4.69, 9.17) is 15.0 Å². The first-order valence-electron chi connectivity index (χ1n) is 6.43. The standard InChI is InChI=1S/C13H21BN2O3/c1-8(17)9-7-16-11(15)6-10(9)14-18-12(2,3)13(4,5)19-14/h6-8,17H,1-5H3,(H2,15,16). The highest BCUT2D eigenvalue weighted by Crippen LogP contribution is 2.37. The van der Waals surface area contributed by atoms with E-state index < -0.39 is 24.4 Å². The third kappa shape index (κ3) is 2.48. The van der Waals surface area contributed by atoms with Crippen LogP contribution >= 0.6 is 0 Å². The second kappa shape index (κ2) is 4.47. The zero-order valence-electron chi connectivity index (χ0n) is 12.1. The highest BCUT2D eigenvalue weighted by Gasteiger charge is 2.52. The van der Waals surface area contributed by atoms with Crippen molar-refractivity contribution < 1.29 is 14.4 Å². The maximum absolute atomic E-state index is 9.82. The lowest BCUT2D eigenvalue weighted by atomic mass is 9.75. The number of aliphatic hydroxyl groups excluding tert-OH is 1. The number of hydrogen-bond donors (Lipinski definition) is 2. The van der Waals surface area contributed by atoms with Crippen LogP contribution in [0.5, 0.6) is 0 Å². The predicted molar refractivity (Wildman–Crippen MR) is 75.0 cm³/mol. The quantitative estimate of drug-likeness (QED) is 0.780. The Morgan fingerprint density at radius 2 is 1.79 bits per heavy atom. The van der Waals surface area contributed by atoms with Crippen LogP contribution in [0.15, 0.2) is 12.3 Å². The van der Waals surface area contributed by atoms with Gasteiger partial charge in [0.15, 0.2) is 0 Å². The number of nitrogens with two attached hydrogens (primary N) is 1. The Morgan fingerprint density at radius 1 is 1.26 bits per heavy atom. The number of hydrogen-bond acceptors (Lipinski definition) is 5. The largest absolute Gasteiger partial charge is 0.495 e. The summed E-state index contributed by atoms with van der Waals surface area (Å²) in [5.74, 6) is 0.383. The summed E-state index contributed by atoms with van der Waals surface area (Å²) in [6.07, 6.45) is 0.919. The number of pyridine rings is 1. The van der Waals surface area contributed by atoms with Crippen molar-refractivity contribution in [3.8, 4) is 0 Å². The molecular formula is C13H21BN2O3. The normalized spacial score (nSPS) is 22.5. The minimum absolute atomic E-state index is 0.383. The molecule has 0 aromatic carbocycles. The summed E-state index contributed by atoms with van der Waals surface area (Å²) in [6, 6.07) is 1.70. The van der Waals surface area contributed by atoms with Crippen LogP contribution < -0.4 is 11.2 Å². The molecule has 0 spiro atoms. The Kier molecular flexibility index (Phi) is 3.37. The monoisotopic (exact) mass is 264 g/mol. The molecule has 0 aliphatic carbocycles. The maximum atomic E-state index is 9.82. The maximum Gasteiger partial charge on any atom is 0.495 e. The van der Waals surface area contributed by atoms with Gasteiger partial charge in [0.25, 0.3) is 0 Å². The Bertz CT molecular complexity index is 473. The van der Waals surface area contributed by atoms with Crippen LogP contribution in [0.4, 0.5) is 5.82 Å². The minimum atomic E-state index is -0.651. The van der Waals surface area contributed by atoms with E-state index in [0.29, 0.717) is 11.4 Å². The molecule has 1 aliphatic rings. The summed E-state index contributed by atoms with van der Waals surface area (Å²) >= 11 is 0. The van der Waals surface area contributed by atoms with Crippen molar-refractivity contribution in [2.24, 2.45) is 0 Å². The summed E-state index contributed by atoms with van der Waals surface area (Å²) in [7, 11) is -0.542. The first kappa shape index (κ1) is 14.3. The fourth-order valence-electron chi connectivity index (χ4n) is 2.02. The van der Waals surface area contributed by atoms with E-state index in [0.717, 1.165) is 5.46 Å². The van der Waals surface area contributed by atoms with Crippen molar-refractivity contribution >= 4 is 18.4 Å². The first-order valence-corrected chi connectivity index (χ1v) is 6.43. The van der Waals surface area contributed by atoms with Crippen molar-refractivity contribution in [3.05, 3.63) is 17.8 Å². The number of aliphatic hydroxyl groups is 1. The van der Waals surface area contributed by atoms with Crippen LogP contribution in [0.3, 0.4) is 0 Å². The molecule has 6 heteroatoms. The molecule has 2 heterocycles. The number of rotatable bonds is 2. The van der Waals surface area contributed by atoms with Crippen molar-refractivity contribution in [2.45, 2.75) is 51.9 Å². The zero-order chi connectivity index (χ0) is 14.4. The lowest BCUT2D eigenvalue weighted by Crippen LogP contribution is -2.41. The van der Waals surface area contributed by atoms with Gasteiger partial charge in [0, 0.05) is 6.20 Å². The van der Waals surface area contributed by atoms with Gasteiger partial charge in [-0.3, -0.25) is 0 Å². The Labute approximate surface area is 114 Å². The second-order valence-corrected chi connectivity index (χ2v) is 6.00. The van der Waals surface area contributed by atoms with Crippen molar-refractivity contribution in [2.75, 3.05) is 5.73 Å². The molecule has 3 N–H and O–H groups in total. The van der Waals surface area contributed by atoms with Gasteiger partial charge in [-0.15, -0.1) is 0 Å². The molecule has 1 aromatic heterocycles. The van der Waals surface area contributed by atoms with E-state index in [2.05, 4.69) is 4.98 Å². The van der Waals surface area contributed by atoms with Crippen LogP contribution in [0.1, 0.15) is 46.3 Å². The van der Waals surface area contributed by atoms with Crippen LogP contribution in [-0.2, 0) is 9.31 Å². The summed E-state index contributed by atoms with van der Waals surface area (Å²) in [4.78, 5) is 4.01. The van der Waals surface area contributed by atoms with Gasteiger partial charge in [0.2, 0.25) is 0 Å². The van der Waals surface area contributed by atoms with E-state index >= 15 is 0 Å². The van der Waals surface area contributed by atoms with Gasteiger partial charge >= 0.3 is 7.12 Å². The molecule has 1 atom stereocenters. The topological polar surface area (TPSA) is 77.6 Å². The van der Waals surface area contributed by atoms with E-state index in [1.807, 2.05) is 27.7 Å². The second-order valence-electron chi connectivity index (χ2n) is 6.00. The Hall–Kier alpha value is -1.11. The van der Waals surface area contributed by atoms with Gasteiger partial charge in [0.1, 0.15) is 5.82 Å². The molecule has 104 valence electrons. The molecule has 0 amide bonds. The highest BCUT2D eigenvalue weighted by atomic mass is 16.7. The molecule has 5 nitrogen and oxygen atoms in total. The van der Waals surface area contributed by atoms with Gasteiger partial charge in [-0.05, 0) is 51.7 Å². The van der Waals surface area contributed by atoms with Gasteiger partial charge in [-0.25, -0.2) is 4.98 Å². The van der Waals surface area contributed by atoms with E-state index in [9.17, 15) is 5.11 Å². The Morgan fingerprint density at radius 3 is 2.26 bits per heavy atom. The lowest BCUT2D eigenvalue weighted by Gasteiger charge is -2.32. The summed E-state index contributed by atoms with van der Waals surface area (Å²) in [5.41, 5.74) is 6.29. The highest BCUT2D eigenvalue weighted by molar-refractivity contribution is 6.62. The molecule has 0 saturated carbocycles. The first-order chi connectivity index (χ1) is 8.64. The molecule has 1 aliphatic heterocycles. The van der Waals surface area contributed by atoms with Crippen LogP contribution in [0.25, 0.3) is 0 Å². The number of aromatic nitrogens is 1. The van der Waals surface area contributed by atoms with Gasteiger partial charge in [-0.2, -0.15) is 0 Å². The summed E-state index contributed by atoms with van der Waals surface area (Å²) in [6.45, 7) is 9.63. The SMILES string of the molecule is CC(O)c1cnc(N)cc1B1OC(C)(C)C(C)(C)O1. The summed E-state index contributed by atoms with van der Waals surface area (Å²) in [5, 5.41) is 9.82. The number of nitrogens with zero attached hydrogens (tertiary/aromatic N) is 1. The molecule has 0 radical (unpaired) electrons. The van der Waals surface area contributed by atoms with E-state index in [1.165, 1.54) is 0 Å². The lowest BCUT2D eigenvalue weighted by molar-refractivity contribution is 0.00578. The van der Waals surface area contributed by atoms with Gasteiger partial charge in [-0.1, -0.05) is 0 Å². The minimum Gasteiger partial charge on any atom is -0.399 e. The van der Waals surface area contributed by atoms with E-state index in [1.54, 1.807) is 19.2 Å². The predicted octanol–water partition coefficient (Wildman–Crippen LogP) is 1.02. The molecule has 0 bridgehead atoms. The molecule has 1 fully saturated rings. The molecule has 19 heavy (non-hydrogen) atoms.